The topological polar surface area (TPSA) is 123 Å². The average molecular weight is 581 g/mol. The summed E-state index contributed by atoms with van der Waals surface area (Å²) in [6, 6.07) is 0. The number of carbonyl (C=O) groups is 2. The molecule has 0 aromatic heterocycles. The van der Waals surface area contributed by atoms with Crippen LogP contribution in [0.3, 0.4) is 0 Å². The van der Waals surface area contributed by atoms with Gasteiger partial charge in [-0.2, -0.15) is 0 Å². The molecule has 1 N–H and O–H groups in total. The molecular weight excluding hydrogens is 523 g/mol. The van der Waals surface area contributed by atoms with Crippen LogP contribution in [0.15, 0.2) is 0 Å². The second kappa shape index (κ2) is 23.5. The molecule has 0 heterocycles. The standard InChI is InChI=1S/C28H57N2O8P/c1-6-7-8-9-10-11-12-13-14-15-16-17-18-19-20-21-27(31)29-24-26(38-28(32)35-5)25-37-39(33,34)36-23-22-30(2,3)4/h26H,6-25H2,1-5H3,(H-,29,31,33,34). The normalized spacial score (nSPS) is 14.0. The van der Waals surface area contributed by atoms with E-state index in [9.17, 15) is 19.0 Å². The van der Waals surface area contributed by atoms with Gasteiger partial charge >= 0.3 is 6.16 Å². The van der Waals surface area contributed by atoms with Crippen molar-refractivity contribution in [1.82, 2.24) is 5.32 Å². The number of unbranched alkanes of at least 4 members (excludes halogenated alkanes) is 14. The highest BCUT2D eigenvalue weighted by Gasteiger charge is 2.21. The fraction of sp³-hybridized carbons (Fsp3) is 0.929. The lowest BCUT2D eigenvalue weighted by molar-refractivity contribution is -0.870. The molecule has 0 aromatic rings. The van der Waals surface area contributed by atoms with Crippen molar-refractivity contribution in [3.8, 4) is 0 Å². The Morgan fingerprint density at radius 2 is 1.31 bits per heavy atom. The SMILES string of the molecule is CCCCCCCCCCCCCCCCCC(=O)NCC(COP(=O)([O-])OCC[N+](C)(C)C)OC(=O)OC. The fourth-order valence-corrected chi connectivity index (χ4v) is 4.66. The molecule has 0 aliphatic heterocycles. The third-order valence-electron chi connectivity index (χ3n) is 6.39. The number of likely N-dealkylation sites (N-methyl/N-ethyl adjacent to an activating group) is 1. The lowest BCUT2D eigenvalue weighted by Gasteiger charge is -2.28. The van der Waals surface area contributed by atoms with Crippen LogP contribution in [0.25, 0.3) is 0 Å². The minimum absolute atomic E-state index is 0.0389. The molecule has 0 aliphatic rings. The van der Waals surface area contributed by atoms with Crippen molar-refractivity contribution in [2.45, 2.75) is 116 Å². The molecule has 1 amide bonds. The second-order valence-corrected chi connectivity index (χ2v) is 12.7. The Morgan fingerprint density at radius 3 is 1.77 bits per heavy atom. The summed E-state index contributed by atoms with van der Waals surface area (Å²) in [7, 11) is 2.27. The van der Waals surface area contributed by atoms with Crippen molar-refractivity contribution in [2.24, 2.45) is 0 Å². The quantitative estimate of drug-likeness (QED) is 0.0596. The molecular formula is C28H57N2O8P. The first-order valence-corrected chi connectivity index (χ1v) is 16.4. The molecule has 11 heteroatoms. The van der Waals surface area contributed by atoms with Crippen molar-refractivity contribution in [3.05, 3.63) is 0 Å². The molecule has 2 atom stereocenters. The van der Waals surface area contributed by atoms with Gasteiger partial charge in [-0.1, -0.05) is 96.8 Å². The molecule has 0 radical (unpaired) electrons. The van der Waals surface area contributed by atoms with Gasteiger partial charge < -0.3 is 33.2 Å². The Balaban J connectivity index is 3.97. The van der Waals surface area contributed by atoms with E-state index in [2.05, 4.69) is 17.0 Å². The fourth-order valence-electron chi connectivity index (χ4n) is 3.93. The van der Waals surface area contributed by atoms with Crippen LogP contribution in [0.4, 0.5) is 4.79 Å². The summed E-state index contributed by atoms with van der Waals surface area (Å²) in [5, 5.41) is 2.67. The van der Waals surface area contributed by atoms with Crippen molar-refractivity contribution in [1.29, 1.82) is 0 Å². The van der Waals surface area contributed by atoms with Crippen LogP contribution in [-0.4, -0.2) is 77.2 Å². The number of methoxy groups -OCH3 is 1. The van der Waals surface area contributed by atoms with Gasteiger partial charge in [0.1, 0.15) is 19.3 Å². The molecule has 10 nitrogen and oxygen atoms in total. The van der Waals surface area contributed by atoms with Gasteiger partial charge in [0.05, 0.1) is 41.4 Å². The monoisotopic (exact) mass is 580 g/mol. The third-order valence-corrected chi connectivity index (χ3v) is 7.36. The van der Waals surface area contributed by atoms with E-state index < -0.39 is 26.7 Å². The van der Waals surface area contributed by atoms with Gasteiger partial charge in [0.25, 0.3) is 7.82 Å². The predicted octanol–water partition coefficient (Wildman–Crippen LogP) is 5.72. The van der Waals surface area contributed by atoms with Crippen LogP contribution in [0.1, 0.15) is 110 Å². The zero-order valence-corrected chi connectivity index (χ0v) is 26.3. The van der Waals surface area contributed by atoms with E-state index >= 15 is 0 Å². The lowest BCUT2D eigenvalue weighted by Crippen LogP contribution is -2.38. The van der Waals surface area contributed by atoms with Gasteiger partial charge in [-0.15, -0.1) is 0 Å². The minimum Gasteiger partial charge on any atom is -0.756 e. The first-order chi connectivity index (χ1) is 18.5. The Labute approximate surface area is 237 Å². The Kier molecular flexibility index (Phi) is 22.8. The Morgan fingerprint density at radius 1 is 0.821 bits per heavy atom. The molecule has 0 rings (SSSR count). The Bertz CT molecular complexity index is 672. The average Bonchev–Trinajstić information content (AvgIpc) is 2.86. The van der Waals surface area contributed by atoms with Gasteiger partial charge in [0, 0.05) is 6.42 Å². The van der Waals surface area contributed by atoms with Gasteiger partial charge in [-0.05, 0) is 6.42 Å². The van der Waals surface area contributed by atoms with Crippen molar-refractivity contribution in [2.75, 3.05) is 54.6 Å². The van der Waals surface area contributed by atoms with E-state index in [4.69, 9.17) is 13.8 Å². The molecule has 0 saturated heterocycles. The van der Waals surface area contributed by atoms with Crippen molar-refractivity contribution < 1.29 is 42.1 Å². The molecule has 39 heavy (non-hydrogen) atoms. The summed E-state index contributed by atoms with van der Waals surface area (Å²) in [4.78, 5) is 35.7. The number of nitrogens with one attached hydrogen (secondary N) is 1. The summed E-state index contributed by atoms with van der Waals surface area (Å²) in [5.41, 5.74) is 0. The number of hydrogen-bond donors (Lipinski definition) is 1. The largest absolute Gasteiger partial charge is 0.756 e. The molecule has 0 aliphatic carbocycles. The van der Waals surface area contributed by atoms with Gasteiger partial charge in [-0.3, -0.25) is 9.36 Å². The number of carbonyl (C=O) groups excluding carboxylic acids is 2. The number of quaternary nitrogens is 1. The zero-order chi connectivity index (χ0) is 29.4. The van der Waals surface area contributed by atoms with E-state index in [1.807, 2.05) is 21.1 Å². The number of amides is 1. The molecule has 0 fully saturated rings. The summed E-state index contributed by atoms with van der Waals surface area (Å²) < 4.78 is 31.7. The number of phosphoric ester groups is 1. The van der Waals surface area contributed by atoms with E-state index in [0.29, 0.717) is 17.4 Å². The van der Waals surface area contributed by atoms with Gasteiger partial charge in [0.15, 0.2) is 0 Å². The van der Waals surface area contributed by atoms with Crippen LogP contribution in [-0.2, 0) is 27.9 Å². The van der Waals surface area contributed by atoms with Crippen molar-refractivity contribution in [3.63, 3.8) is 0 Å². The minimum atomic E-state index is -4.58. The summed E-state index contributed by atoms with van der Waals surface area (Å²) in [6.45, 7) is 2.10. The highest BCUT2D eigenvalue weighted by molar-refractivity contribution is 7.45. The Hall–Kier alpha value is -1.19. The third kappa shape index (κ3) is 26.8. The zero-order valence-electron chi connectivity index (χ0n) is 25.4. The van der Waals surface area contributed by atoms with Crippen LogP contribution in [0.2, 0.25) is 0 Å². The van der Waals surface area contributed by atoms with E-state index in [0.717, 1.165) is 26.4 Å². The number of nitrogens with zero attached hydrogens (tertiary/aromatic N) is 1. The molecule has 0 spiro atoms. The van der Waals surface area contributed by atoms with E-state index in [-0.39, 0.29) is 19.1 Å². The van der Waals surface area contributed by atoms with Gasteiger partial charge in [-0.25, -0.2) is 4.79 Å². The summed E-state index contributed by atoms with van der Waals surface area (Å²) >= 11 is 0. The maximum atomic E-state index is 12.2. The lowest BCUT2D eigenvalue weighted by atomic mass is 10.0. The predicted molar refractivity (Wildman–Crippen MR) is 152 cm³/mol. The smallest absolute Gasteiger partial charge is 0.508 e. The highest BCUT2D eigenvalue weighted by Crippen LogP contribution is 2.38. The maximum absolute atomic E-state index is 12.2. The summed E-state index contributed by atoms with van der Waals surface area (Å²) in [5.74, 6) is -0.187. The second-order valence-electron chi connectivity index (χ2n) is 11.3. The first kappa shape index (κ1) is 37.8. The first-order valence-electron chi connectivity index (χ1n) is 14.9. The van der Waals surface area contributed by atoms with Crippen LogP contribution >= 0.6 is 7.82 Å². The molecule has 0 bridgehead atoms. The van der Waals surface area contributed by atoms with Crippen LogP contribution in [0.5, 0.6) is 0 Å². The van der Waals surface area contributed by atoms with Gasteiger partial charge in [0.2, 0.25) is 5.91 Å². The highest BCUT2D eigenvalue weighted by atomic mass is 31.2. The molecule has 2 unspecified atom stereocenters. The number of phosphoric acid groups is 1. The maximum Gasteiger partial charge on any atom is 0.508 e. The van der Waals surface area contributed by atoms with E-state index in [1.165, 1.54) is 77.0 Å². The van der Waals surface area contributed by atoms with E-state index in [1.54, 1.807) is 0 Å². The molecule has 0 aromatic carbocycles. The molecule has 0 saturated carbocycles. The van der Waals surface area contributed by atoms with Crippen LogP contribution < -0.4 is 10.2 Å². The van der Waals surface area contributed by atoms with Crippen LogP contribution in [0, 0.1) is 0 Å². The number of ether oxygens (including phenoxy) is 2. The summed E-state index contributed by atoms with van der Waals surface area (Å²) in [6.07, 6.45) is 17.2. The molecule has 232 valence electrons. The number of hydrogen-bond acceptors (Lipinski definition) is 8. The number of rotatable bonds is 26. The van der Waals surface area contributed by atoms with Crippen molar-refractivity contribution >= 4 is 19.9 Å².